The van der Waals surface area contributed by atoms with Crippen molar-refractivity contribution >= 4 is 5.97 Å². The smallest absolute Gasteiger partial charge is 0.350 e. The highest BCUT2D eigenvalue weighted by atomic mass is 19.3. The van der Waals surface area contributed by atoms with Gasteiger partial charge in [-0.25, -0.2) is 4.79 Å². The lowest BCUT2D eigenvalue weighted by Crippen LogP contribution is -2.40. The fourth-order valence-electron chi connectivity index (χ4n) is 2.41. The standard InChI is InChI=1S/C21H24F2O4/c1-14(2)26-19(25)20(3,4)27-18-11-9-17(10-12-18)21(22,23)16-7-5-15(13-24)6-8-16/h5-12,14,24H,13H2,1-4H3. The van der Waals surface area contributed by atoms with Gasteiger partial charge in [-0.05, 0) is 57.5 Å². The molecule has 2 rings (SSSR count). The van der Waals surface area contributed by atoms with Gasteiger partial charge in [0.25, 0.3) is 5.92 Å². The third-order valence-corrected chi connectivity index (χ3v) is 3.92. The number of rotatable bonds is 7. The van der Waals surface area contributed by atoms with Crippen molar-refractivity contribution in [3.05, 3.63) is 65.2 Å². The maximum Gasteiger partial charge on any atom is 0.350 e. The molecule has 146 valence electrons. The average Bonchev–Trinajstić information content (AvgIpc) is 2.61. The van der Waals surface area contributed by atoms with Crippen molar-refractivity contribution in [2.45, 2.75) is 51.9 Å². The van der Waals surface area contributed by atoms with Crippen LogP contribution < -0.4 is 4.74 Å². The summed E-state index contributed by atoms with van der Waals surface area (Å²) in [4.78, 5) is 12.1. The first kappa shape index (κ1) is 20.8. The van der Waals surface area contributed by atoms with Gasteiger partial charge < -0.3 is 14.6 Å². The number of carbonyl (C=O) groups is 1. The first-order valence-electron chi connectivity index (χ1n) is 8.65. The van der Waals surface area contributed by atoms with Crippen molar-refractivity contribution < 1.29 is 28.2 Å². The van der Waals surface area contributed by atoms with Crippen LogP contribution in [0, 0.1) is 0 Å². The van der Waals surface area contributed by atoms with Crippen LogP contribution in [0.2, 0.25) is 0 Å². The van der Waals surface area contributed by atoms with Crippen LogP contribution in [0.15, 0.2) is 48.5 Å². The minimum absolute atomic E-state index is 0.172. The highest BCUT2D eigenvalue weighted by molar-refractivity contribution is 5.79. The fraction of sp³-hybridized carbons (Fsp3) is 0.381. The van der Waals surface area contributed by atoms with E-state index in [-0.39, 0.29) is 29.6 Å². The minimum atomic E-state index is -3.20. The molecule has 0 heterocycles. The average molecular weight is 378 g/mol. The Kier molecular flexibility index (Phi) is 6.21. The molecule has 0 unspecified atom stereocenters. The lowest BCUT2D eigenvalue weighted by atomic mass is 9.99. The van der Waals surface area contributed by atoms with E-state index in [4.69, 9.17) is 14.6 Å². The number of hydrogen-bond acceptors (Lipinski definition) is 4. The summed E-state index contributed by atoms with van der Waals surface area (Å²) in [5.41, 5.74) is -1.05. The number of benzene rings is 2. The Balaban J connectivity index is 2.17. The number of halogens is 2. The summed E-state index contributed by atoms with van der Waals surface area (Å²) in [6.07, 6.45) is -0.279. The summed E-state index contributed by atoms with van der Waals surface area (Å²) in [7, 11) is 0. The molecule has 0 radical (unpaired) electrons. The normalized spacial score (nSPS) is 12.1. The molecule has 0 atom stereocenters. The number of carbonyl (C=O) groups excluding carboxylic acids is 1. The second kappa shape index (κ2) is 8.05. The summed E-state index contributed by atoms with van der Waals surface area (Å²) >= 11 is 0. The van der Waals surface area contributed by atoms with Crippen LogP contribution in [0.1, 0.15) is 44.4 Å². The van der Waals surface area contributed by atoms with E-state index in [0.717, 1.165) is 0 Å². The van der Waals surface area contributed by atoms with Crippen molar-refractivity contribution in [1.29, 1.82) is 0 Å². The molecule has 2 aromatic carbocycles. The Morgan fingerprint density at radius 3 is 1.93 bits per heavy atom. The molecule has 0 aromatic heterocycles. The van der Waals surface area contributed by atoms with Crippen molar-refractivity contribution in [3.8, 4) is 5.75 Å². The molecule has 0 saturated heterocycles. The lowest BCUT2D eigenvalue weighted by molar-refractivity contribution is -0.163. The molecule has 0 amide bonds. The van der Waals surface area contributed by atoms with Gasteiger partial charge in [0.1, 0.15) is 5.75 Å². The van der Waals surface area contributed by atoms with Gasteiger partial charge in [0, 0.05) is 11.1 Å². The molecule has 6 heteroatoms. The second-order valence-electron chi connectivity index (χ2n) is 7.02. The zero-order valence-electron chi connectivity index (χ0n) is 15.8. The highest BCUT2D eigenvalue weighted by Crippen LogP contribution is 2.36. The monoisotopic (exact) mass is 378 g/mol. The number of aliphatic hydroxyl groups is 1. The van der Waals surface area contributed by atoms with Crippen molar-refractivity contribution in [2.24, 2.45) is 0 Å². The lowest BCUT2D eigenvalue weighted by Gasteiger charge is -2.26. The van der Waals surface area contributed by atoms with Crippen LogP contribution >= 0.6 is 0 Å². The molecule has 0 bridgehead atoms. The number of ether oxygens (including phenoxy) is 2. The first-order valence-corrected chi connectivity index (χ1v) is 8.65. The van der Waals surface area contributed by atoms with Crippen molar-refractivity contribution in [2.75, 3.05) is 0 Å². The molecule has 0 saturated carbocycles. The molecular weight excluding hydrogens is 354 g/mol. The van der Waals surface area contributed by atoms with E-state index in [9.17, 15) is 13.6 Å². The van der Waals surface area contributed by atoms with Crippen LogP contribution in [0.5, 0.6) is 5.75 Å². The van der Waals surface area contributed by atoms with Gasteiger partial charge in [-0.1, -0.05) is 24.3 Å². The third kappa shape index (κ3) is 5.04. The molecule has 1 N–H and O–H groups in total. The molecule has 0 aliphatic carbocycles. The molecular formula is C21H24F2O4. The van der Waals surface area contributed by atoms with Crippen molar-refractivity contribution in [1.82, 2.24) is 0 Å². The maximum atomic E-state index is 14.7. The van der Waals surface area contributed by atoms with Gasteiger partial charge in [0.05, 0.1) is 12.7 Å². The van der Waals surface area contributed by atoms with Gasteiger partial charge in [-0.3, -0.25) is 0 Å². The second-order valence-corrected chi connectivity index (χ2v) is 7.02. The van der Waals surface area contributed by atoms with Crippen LogP contribution in [0.25, 0.3) is 0 Å². The summed E-state index contributed by atoms with van der Waals surface area (Å²) < 4.78 is 40.1. The van der Waals surface area contributed by atoms with E-state index in [1.54, 1.807) is 27.7 Å². The highest BCUT2D eigenvalue weighted by Gasteiger charge is 2.35. The Bertz CT molecular complexity index is 766. The molecule has 0 spiro atoms. The summed E-state index contributed by atoms with van der Waals surface area (Å²) in [5.74, 6) is -3.44. The van der Waals surface area contributed by atoms with E-state index in [1.165, 1.54) is 48.5 Å². The summed E-state index contributed by atoms with van der Waals surface area (Å²) in [6, 6.07) is 10.8. The number of alkyl halides is 2. The predicted octanol–water partition coefficient (Wildman–Crippen LogP) is 4.43. The fourth-order valence-corrected chi connectivity index (χ4v) is 2.41. The molecule has 4 nitrogen and oxygen atoms in total. The minimum Gasteiger partial charge on any atom is -0.476 e. The molecule has 2 aromatic rings. The van der Waals surface area contributed by atoms with Gasteiger partial charge in [0.2, 0.25) is 0 Å². The topological polar surface area (TPSA) is 55.8 Å². The predicted molar refractivity (Wildman–Crippen MR) is 97.7 cm³/mol. The Hall–Kier alpha value is -2.47. The van der Waals surface area contributed by atoms with Crippen LogP contribution in [0.3, 0.4) is 0 Å². The number of hydrogen-bond donors (Lipinski definition) is 1. The van der Waals surface area contributed by atoms with Gasteiger partial charge in [-0.15, -0.1) is 0 Å². The molecule has 0 fully saturated rings. The Morgan fingerprint density at radius 1 is 1.00 bits per heavy atom. The molecule has 0 aliphatic heterocycles. The Labute approximate surface area is 157 Å². The van der Waals surface area contributed by atoms with E-state index < -0.39 is 17.5 Å². The molecule has 0 aliphatic rings. The van der Waals surface area contributed by atoms with Gasteiger partial charge in [-0.2, -0.15) is 8.78 Å². The maximum absolute atomic E-state index is 14.7. The van der Waals surface area contributed by atoms with E-state index in [2.05, 4.69) is 0 Å². The van der Waals surface area contributed by atoms with Crippen LogP contribution in [-0.2, 0) is 22.1 Å². The third-order valence-electron chi connectivity index (χ3n) is 3.92. The summed E-state index contributed by atoms with van der Waals surface area (Å²) in [5, 5.41) is 9.02. The van der Waals surface area contributed by atoms with E-state index >= 15 is 0 Å². The SMILES string of the molecule is CC(C)OC(=O)C(C)(C)Oc1ccc(C(F)(F)c2ccc(CO)cc2)cc1. The number of aliphatic hydroxyl groups excluding tert-OH is 1. The van der Waals surface area contributed by atoms with Crippen molar-refractivity contribution in [3.63, 3.8) is 0 Å². The van der Waals surface area contributed by atoms with Crippen LogP contribution in [-0.4, -0.2) is 22.8 Å². The van der Waals surface area contributed by atoms with Crippen LogP contribution in [0.4, 0.5) is 8.78 Å². The van der Waals surface area contributed by atoms with Gasteiger partial charge >= 0.3 is 5.97 Å². The summed E-state index contributed by atoms with van der Waals surface area (Å²) in [6.45, 7) is 6.38. The van der Waals surface area contributed by atoms with Gasteiger partial charge in [0.15, 0.2) is 5.60 Å². The number of esters is 1. The zero-order valence-corrected chi connectivity index (χ0v) is 15.8. The van der Waals surface area contributed by atoms with E-state index in [0.29, 0.717) is 5.56 Å². The quantitative estimate of drug-likeness (QED) is 0.725. The molecule has 27 heavy (non-hydrogen) atoms. The Morgan fingerprint density at radius 2 is 1.48 bits per heavy atom. The first-order chi connectivity index (χ1) is 12.6. The largest absolute Gasteiger partial charge is 0.476 e. The van der Waals surface area contributed by atoms with E-state index in [1.807, 2.05) is 0 Å². The zero-order chi connectivity index (χ0) is 20.2.